The Morgan fingerprint density at radius 2 is 1.90 bits per heavy atom. The molecule has 0 spiro atoms. The molecular weight excluding hydrogens is 267 g/mol. The number of rotatable bonds is 3. The second-order valence-electron chi connectivity index (χ2n) is 4.76. The predicted octanol–water partition coefficient (Wildman–Crippen LogP) is 3.53. The standard InChI is InChI=1S/C17H11FN2O/c18-15-4-2-13(3-5-15)17(21)11-20-8-7-14-9-12(10-19)1-6-16(14)20/h1-9H,11H2. The summed E-state index contributed by atoms with van der Waals surface area (Å²) >= 11 is 0. The molecule has 1 aromatic heterocycles. The average Bonchev–Trinajstić information content (AvgIpc) is 2.90. The van der Waals surface area contributed by atoms with Crippen LogP contribution in [0.15, 0.2) is 54.7 Å². The quantitative estimate of drug-likeness (QED) is 0.688. The number of fused-ring (bicyclic) bond motifs is 1. The number of ketones is 1. The van der Waals surface area contributed by atoms with E-state index < -0.39 is 0 Å². The van der Waals surface area contributed by atoms with Gasteiger partial charge in [0.25, 0.3) is 0 Å². The fraction of sp³-hybridized carbons (Fsp3) is 0.0588. The first-order valence-electron chi connectivity index (χ1n) is 6.45. The summed E-state index contributed by atoms with van der Waals surface area (Å²) in [6, 6.07) is 14.8. The molecule has 102 valence electrons. The van der Waals surface area contributed by atoms with Gasteiger partial charge in [0.2, 0.25) is 0 Å². The van der Waals surface area contributed by atoms with E-state index in [4.69, 9.17) is 5.26 Å². The highest BCUT2D eigenvalue weighted by Gasteiger charge is 2.09. The summed E-state index contributed by atoms with van der Waals surface area (Å²) in [5, 5.41) is 9.80. The number of nitrogens with zero attached hydrogens (tertiary/aromatic N) is 2. The summed E-state index contributed by atoms with van der Waals surface area (Å²) in [5.74, 6) is -0.446. The van der Waals surface area contributed by atoms with Gasteiger partial charge in [-0.3, -0.25) is 4.79 Å². The molecule has 0 saturated heterocycles. The van der Waals surface area contributed by atoms with Crippen LogP contribution >= 0.6 is 0 Å². The van der Waals surface area contributed by atoms with Crippen molar-refractivity contribution in [3.05, 3.63) is 71.7 Å². The zero-order valence-electron chi connectivity index (χ0n) is 11.1. The Bertz CT molecular complexity index is 857. The summed E-state index contributed by atoms with van der Waals surface area (Å²) in [7, 11) is 0. The number of aromatic nitrogens is 1. The Labute approximate surface area is 120 Å². The lowest BCUT2D eigenvalue weighted by Crippen LogP contribution is -2.09. The Balaban J connectivity index is 1.90. The molecule has 0 amide bonds. The Morgan fingerprint density at radius 3 is 2.62 bits per heavy atom. The van der Waals surface area contributed by atoms with E-state index in [2.05, 4.69) is 6.07 Å². The first kappa shape index (κ1) is 13.1. The van der Waals surface area contributed by atoms with E-state index >= 15 is 0 Å². The first-order valence-corrected chi connectivity index (χ1v) is 6.45. The van der Waals surface area contributed by atoms with Crippen molar-refractivity contribution in [1.82, 2.24) is 4.57 Å². The van der Waals surface area contributed by atoms with Gasteiger partial charge in [0.1, 0.15) is 5.82 Å². The maximum atomic E-state index is 12.9. The predicted molar refractivity (Wildman–Crippen MR) is 77.4 cm³/mol. The molecule has 0 unspecified atom stereocenters. The van der Waals surface area contributed by atoms with E-state index in [1.807, 2.05) is 22.9 Å². The van der Waals surface area contributed by atoms with Gasteiger partial charge in [-0.05, 0) is 48.5 Å². The SMILES string of the molecule is N#Cc1ccc2c(ccn2CC(=O)c2ccc(F)cc2)c1. The normalized spacial score (nSPS) is 10.5. The minimum Gasteiger partial charge on any atom is -0.340 e. The Kier molecular flexibility index (Phi) is 3.25. The van der Waals surface area contributed by atoms with Crippen molar-refractivity contribution in [3.63, 3.8) is 0 Å². The van der Waals surface area contributed by atoms with Gasteiger partial charge in [-0.25, -0.2) is 4.39 Å². The minimum atomic E-state index is -0.359. The number of hydrogen-bond acceptors (Lipinski definition) is 2. The van der Waals surface area contributed by atoms with Crippen molar-refractivity contribution in [3.8, 4) is 6.07 Å². The molecule has 1 heterocycles. The van der Waals surface area contributed by atoms with Gasteiger partial charge >= 0.3 is 0 Å². The van der Waals surface area contributed by atoms with Crippen molar-refractivity contribution in [1.29, 1.82) is 5.26 Å². The van der Waals surface area contributed by atoms with E-state index in [-0.39, 0.29) is 18.1 Å². The van der Waals surface area contributed by atoms with Crippen molar-refractivity contribution in [2.75, 3.05) is 0 Å². The minimum absolute atomic E-state index is 0.0862. The van der Waals surface area contributed by atoms with E-state index in [0.29, 0.717) is 11.1 Å². The largest absolute Gasteiger partial charge is 0.340 e. The average molecular weight is 278 g/mol. The van der Waals surface area contributed by atoms with Gasteiger partial charge in [-0.15, -0.1) is 0 Å². The topological polar surface area (TPSA) is 45.8 Å². The molecule has 0 bridgehead atoms. The molecule has 0 atom stereocenters. The molecule has 3 nitrogen and oxygen atoms in total. The van der Waals surface area contributed by atoms with Crippen LogP contribution in [0.1, 0.15) is 15.9 Å². The van der Waals surface area contributed by atoms with Crippen LogP contribution in [0.3, 0.4) is 0 Å². The van der Waals surface area contributed by atoms with Crippen LogP contribution in [0.25, 0.3) is 10.9 Å². The van der Waals surface area contributed by atoms with Crippen molar-refractivity contribution >= 4 is 16.7 Å². The van der Waals surface area contributed by atoms with E-state index in [0.717, 1.165) is 10.9 Å². The lowest BCUT2D eigenvalue weighted by atomic mass is 10.1. The summed E-state index contributed by atoms with van der Waals surface area (Å²) in [4.78, 5) is 12.2. The Hall–Kier alpha value is -2.93. The highest BCUT2D eigenvalue weighted by atomic mass is 19.1. The first-order chi connectivity index (χ1) is 10.2. The summed E-state index contributed by atoms with van der Waals surface area (Å²) < 4.78 is 14.7. The fourth-order valence-corrected chi connectivity index (χ4v) is 2.29. The second-order valence-corrected chi connectivity index (χ2v) is 4.76. The van der Waals surface area contributed by atoms with Gasteiger partial charge in [0, 0.05) is 22.7 Å². The third-order valence-electron chi connectivity index (χ3n) is 3.38. The van der Waals surface area contributed by atoms with Gasteiger partial charge in [-0.2, -0.15) is 5.26 Å². The van der Waals surface area contributed by atoms with Crippen LogP contribution < -0.4 is 0 Å². The van der Waals surface area contributed by atoms with Gasteiger partial charge < -0.3 is 4.57 Å². The highest BCUT2D eigenvalue weighted by Crippen LogP contribution is 2.18. The number of nitriles is 1. The van der Waals surface area contributed by atoms with E-state index in [9.17, 15) is 9.18 Å². The van der Waals surface area contributed by atoms with Crippen molar-refractivity contribution < 1.29 is 9.18 Å². The maximum Gasteiger partial charge on any atom is 0.182 e. The molecule has 21 heavy (non-hydrogen) atoms. The van der Waals surface area contributed by atoms with Gasteiger partial charge in [0.05, 0.1) is 18.2 Å². The third kappa shape index (κ3) is 2.54. The molecule has 2 aromatic carbocycles. The lowest BCUT2D eigenvalue weighted by molar-refractivity contribution is 0.0973. The molecule has 4 heteroatoms. The molecule has 0 aliphatic rings. The number of halogens is 1. The number of carbonyl (C=O) groups is 1. The van der Waals surface area contributed by atoms with Crippen molar-refractivity contribution in [2.45, 2.75) is 6.54 Å². The number of hydrogen-bond donors (Lipinski definition) is 0. The molecular formula is C17H11FN2O. The molecule has 0 N–H and O–H groups in total. The molecule has 3 aromatic rings. The smallest absolute Gasteiger partial charge is 0.182 e. The van der Waals surface area contributed by atoms with Crippen LogP contribution in [0.5, 0.6) is 0 Å². The summed E-state index contributed by atoms with van der Waals surface area (Å²) in [6.07, 6.45) is 1.81. The maximum absolute atomic E-state index is 12.9. The Morgan fingerprint density at radius 1 is 1.14 bits per heavy atom. The molecule has 0 aliphatic carbocycles. The fourth-order valence-electron chi connectivity index (χ4n) is 2.29. The van der Waals surface area contributed by atoms with Gasteiger partial charge in [0.15, 0.2) is 5.78 Å². The van der Waals surface area contributed by atoms with E-state index in [1.165, 1.54) is 24.3 Å². The summed E-state index contributed by atoms with van der Waals surface area (Å²) in [6.45, 7) is 0.182. The van der Waals surface area contributed by atoms with E-state index in [1.54, 1.807) is 12.1 Å². The molecule has 3 rings (SSSR count). The van der Waals surface area contributed by atoms with Gasteiger partial charge in [-0.1, -0.05) is 0 Å². The third-order valence-corrected chi connectivity index (χ3v) is 3.38. The number of benzene rings is 2. The highest BCUT2D eigenvalue weighted by molar-refractivity contribution is 5.96. The zero-order chi connectivity index (χ0) is 14.8. The van der Waals surface area contributed by atoms with Crippen LogP contribution in [-0.2, 0) is 6.54 Å². The monoisotopic (exact) mass is 278 g/mol. The second kappa shape index (κ2) is 5.22. The number of carbonyl (C=O) groups excluding carboxylic acids is 1. The van der Waals surface area contributed by atoms with Crippen LogP contribution in [-0.4, -0.2) is 10.4 Å². The zero-order valence-corrected chi connectivity index (χ0v) is 11.1. The van der Waals surface area contributed by atoms with Crippen LogP contribution in [0.2, 0.25) is 0 Å². The molecule has 0 aliphatic heterocycles. The van der Waals surface area contributed by atoms with Crippen LogP contribution in [0.4, 0.5) is 4.39 Å². The van der Waals surface area contributed by atoms with Crippen molar-refractivity contribution in [2.24, 2.45) is 0 Å². The molecule has 0 saturated carbocycles. The molecule has 0 radical (unpaired) electrons. The van der Waals surface area contributed by atoms with Crippen LogP contribution in [0, 0.1) is 17.1 Å². The number of Topliss-reactive ketones (excluding diaryl/α,β-unsaturated/α-hetero) is 1. The molecule has 0 fully saturated rings. The lowest BCUT2D eigenvalue weighted by Gasteiger charge is -2.05. The summed E-state index contributed by atoms with van der Waals surface area (Å²) in [5.41, 5.74) is 1.96.